The zero-order chi connectivity index (χ0) is 21.2. The summed E-state index contributed by atoms with van der Waals surface area (Å²) in [7, 11) is 0. The molecule has 0 saturated heterocycles. The second-order valence-corrected chi connectivity index (χ2v) is 6.18. The van der Waals surface area contributed by atoms with Crippen LogP contribution in [0.4, 0.5) is 17.6 Å². The third kappa shape index (κ3) is 3.93. The Morgan fingerprint density at radius 1 is 1.29 bits per heavy atom. The Labute approximate surface area is 159 Å². The summed E-state index contributed by atoms with van der Waals surface area (Å²) in [5.41, 5.74) is -0.924. The fourth-order valence-corrected chi connectivity index (χ4v) is 2.86. The highest BCUT2D eigenvalue weighted by atomic mass is 19.3. The standard InChI is InChI=1S/C17H16F4N4O.C2H6/c1-8(11-5-4-10(6-12(11)19)17(3,20)21)25-15-14(13(7-18)24-25)16(26)23-9(2)22-15;1-2/h4-6,8H,7H2,1-3H3,(H,22,23,26);1-2H3. The van der Waals surface area contributed by atoms with Gasteiger partial charge in [0.25, 0.3) is 11.5 Å². The molecule has 1 aromatic carbocycles. The van der Waals surface area contributed by atoms with Crippen LogP contribution in [0.15, 0.2) is 23.0 Å². The van der Waals surface area contributed by atoms with E-state index in [1.807, 2.05) is 13.8 Å². The van der Waals surface area contributed by atoms with Crippen LogP contribution in [0.3, 0.4) is 0 Å². The van der Waals surface area contributed by atoms with E-state index in [4.69, 9.17) is 0 Å². The number of rotatable bonds is 4. The molecule has 0 spiro atoms. The predicted octanol–water partition coefficient (Wildman–Crippen LogP) is 4.78. The monoisotopic (exact) mass is 398 g/mol. The zero-order valence-electron chi connectivity index (χ0n) is 16.3. The van der Waals surface area contributed by atoms with Crippen LogP contribution in [0.5, 0.6) is 0 Å². The third-order valence-electron chi connectivity index (χ3n) is 4.20. The quantitative estimate of drug-likeness (QED) is 0.643. The molecule has 0 bridgehead atoms. The molecule has 0 fully saturated rings. The van der Waals surface area contributed by atoms with E-state index in [0.717, 1.165) is 12.1 Å². The molecular formula is C19H22F4N4O. The summed E-state index contributed by atoms with van der Waals surface area (Å²) in [5.74, 6) is -3.72. The van der Waals surface area contributed by atoms with Crippen molar-refractivity contribution in [3.8, 4) is 0 Å². The number of nitrogens with one attached hydrogen (secondary N) is 1. The maximum Gasteiger partial charge on any atom is 0.270 e. The summed E-state index contributed by atoms with van der Waals surface area (Å²) in [6, 6.07) is 2.34. The van der Waals surface area contributed by atoms with Crippen molar-refractivity contribution in [2.75, 3.05) is 0 Å². The van der Waals surface area contributed by atoms with Crippen molar-refractivity contribution in [3.05, 3.63) is 57.0 Å². The van der Waals surface area contributed by atoms with Gasteiger partial charge < -0.3 is 4.98 Å². The number of aromatic nitrogens is 4. The molecule has 1 atom stereocenters. The SMILES string of the molecule is CC.Cc1nc2c(c(CF)nn2C(C)c2ccc(C(C)(F)F)cc2F)c(=O)[nH]1. The van der Waals surface area contributed by atoms with Gasteiger partial charge in [-0.1, -0.05) is 26.0 Å². The van der Waals surface area contributed by atoms with Gasteiger partial charge in [-0.3, -0.25) is 4.79 Å². The number of halogens is 4. The van der Waals surface area contributed by atoms with E-state index in [1.54, 1.807) is 13.8 Å². The summed E-state index contributed by atoms with van der Waals surface area (Å²) in [5, 5.41) is 4.03. The molecule has 3 aromatic rings. The minimum atomic E-state index is -3.17. The predicted molar refractivity (Wildman–Crippen MR) is 98.8 cm³/mol. The second-order valence-electron chi connectivity index (χ2n) is 6.18. The van der Waals surface area contributed by atoms with Crippen LogP contribution >= 0.6 is 0 Å². The van der Waals surface area contributed by atoms with E-state index < -0.39 is 35.6 Å². The molecule has 152 valence electrons. The molecule has 0 aliphatic carbocycles. The van der Waals surface area contributed by atoms with Gasteiger partial charge in [-0.15, -0.1) is 0 Å². The van der Waals surface area contributed by atoms with Gasteiger partial charge in [0.15, 0.2) is 5.65 Å². The summed E-state index contributed by atoms with van der Waals surface area (Å²) in [6.07, 6.45) is 0. The third-order valence-corrected chi connectivity index (χ3v) is 4.20. The van der Waals surface area contributed by atoms with Gasteiger partial charge in [-0.05, 0) is 19.9 Å². The Hall–Kier alpha value is -2.71. The van der Waals surface area contributed by atoms with Crippen LogP contribution in [0.1, 0.15) is 56.4 Å². The molecule has 0 amide bonds. The summed E-state index contributed by atoms with van der Waals surface area (Å²) in [4.78, 5) is 18.7. The molecular weight excluding hydrogens is 376 g/mol. The largest absolute Gasteiger partial charge is 0.310 e. The average Bonchev–Trinajstić information content (AvgIpc) is 3.01. The van der Waals surface area contributed by atoms with E-state index >= 15 is 0 Å². The molecule has 9 heteroatoms. The van der Waals surface area contributed by atoms with Crippen LogP contribution in [-0.2, 0) is 12.6 Å². The van der Waals surface area contributed by atoms with E-state index in [1.165, 1.54) is 10.7 Å². The average molecular weight is 398 g/mol. The lowest BCUT2D eigenvalue weighted by molar-refractivity contribution is 0.0171. The Balaban J connectivity index is 0.00000136. The van der Waals surface area contributed by atoms with Crippen LogP contribution in [-0.4, -0.2) is 19.7 Å². The van der Waals surface area contributed by atoms with Crippen molar-refractivity contribution in [2.24, 2.45) is 0 Å². The van der Waals surface area contributed by atoms with Gasteiger partial charge in [0.05, 0.1) is 6.04 Å². The highest BCUT2D eigenvalue weighted by molar-refractivity contribution is 5.77. The summed E-state index contributed by atoms with van der Waals surface area (Å²) in [6.45, 7) is 6.80. The first-order valence-electron chi connectivity index (χ1n) is 8.85. The summed E-state index contributed by atoms with van der Waals surface area (Å²) < 4.78 is 55.6. The van der Waals surface area contributed by atoms with Crippen molar-refractivity contribution in [2.45, 2.75) is 53.3 Å². The lowest BCUT2D eigenvalue weighted by atomic mass is 10.0. The zero-order valence-corrected chi connectivity index (χ0v) is 16.3. The number of benzene rings is 1. The first kappa shape index (κ1) is 21.6. The smallest absolute Gasteiger partial charge is 0.270 e. The molecule has 1 N–H and O–H groups in total. The Morgan fingerprint density at radius 3 is 2.46 bits per heavy atom. The summed E-state index contributed by atoms with van der Waals surface area (Å²) >= 11 is 0. The topological polar surface area (TPSA) is 63.6 Å². The molecule has 3 rings (SSSR count). The molecule has 0 aliphatic rings. The second kappa shape index (κ2) is 8.12. The molecule has 0 saturated carbocycles. The minimum Gasteiger partial charge on any atom is -0.310 e. The number of H-pyrrole nitrogens is 1. The van der Waals surface area contributed by atoms with E-state index in [0.29, 0.717) is 12.7 Å². The number of aromatic amines is 1. The first-order chi connectivity index (χ1) is 13.1. The number of aryl methyl sites for hydroxylation is 1. The normalized spacial score (nSPS) is 12.6. The molecule has 0 radical (unpaired) electrons. The van der Waals surface area contributed by atoms with Gasteiger partial charge in [0.2, 0.25) is 0 Å². The minimum absolute atomic E-state index is 0.0120. The lowest BCUT2D eigenvalue weighted by Crippen LogP contribution is -2.15. The van der Waals surface area contributed by atoms with Gasteiger partial charge in [-0.25, -0.2) is 27.2 Å². The number of hydrogen-bond acceptors (Lipinski definition) is 3. The maximum absolute atomic E-state index is 14.4. The number of hydrogen-bond donors (Lipinski definition) is 1. The number of nitrogens with zero attached hydrogens (tertiary/aromatic N) is 3. The van der Waals surface area contributed by atoms with Crippen molar-refractivity contribution in [1.29, 1.82) is 0 Å². The van der Waals surface area contributed by atoms with Gasteiger partial charge >= 0.3 is 0 Å². The van der Waals surface area contributed by atoms with E-state index in [9.17, 15) is 22.4 Å². The molecule has 2 aromatic heterocycles. The van der Waals surface area contributed by atoms with Crippen molar-refractivity contribution in [3.63, 3.8) is 0 Å². The molecule has 0 aliphatic heterocycles. The molecule has 2 heterocycles. The molecule has 28 heavy (non-hydrogen) atoms. The van der Waals surface area contributed by atoms with Crippen molar-refractivity contribution in [1.82, 2.24) is 19.7 Å². The van der Waals surface area contributed by atoms with Crippen LogP contribution < -0.4 is 5.56 Å². The fourth-order valence-electron chi connectivity index (χ4n) is 2.86. The number of fused-ring (bicyclic) bond motifs is 1. The highest BCUT2D eigenvalue weighted by Gasteiger charge is 2.27. The fraction of sp³-hybridized carbons (Fsp3) is 0.421. The van der Waals surface area contributed by atoms with Crippen LogP contribution in [0, 0.1) is 12.7 Å². The van der Waals surface area contributed by atoms with Crippen molar-refractivity contribution >= 4 is 11.0 Å². The van der Waals surface area contributed by atoms with Crippen molar-refractivity contribution < 1.29 is 17.6 Å². The Kier molecular flexibility index (Phi) is 6.26. The maximum atomic E-state index is 14.4. The van der Waals surface area contributed by atoms with Gasteiger partial charge in [0.1, 0.15) is 29.4 Å². The van der Waals surface area contributed by atoms with E-state index in [2.05, 4.69) is 15.1 Å². The Bertz CT molecular complexity index is 1040. The lowest BCUT2D eigenvalue weighted by Gasteiger charge is -2.17. The van der Waals surface area contributed by atoms with Crippen LogP contribution in [0.25, 0.3) is 11.0 Å². The first-order valence-corrected chi connectivity index (χ1v) is 8.85. The van der Waals surface area contributed by atoms with Gasteiger partial charge in [0, 0.05) is 18.1 Å². The van der Waals surface area contributed by atoms with Gasteiger partial charge in [-0.2, -0.15) is 5.10 Å². The van der Waals surface area contributed by atoms with Crippen LogP contribution in [0.2, 0.25) is 0 Å². The highest BCUT2D eigenvalue weighted by Crippen LogP contribution is 2.31. The molecule has 5 nitrogen and oxygen atoms in total. The van der Waals surface area contributed by atoms with E-state index in [-0.39, 0.29) is 22.3 Å². The molecule has 1 unspecified atom stereocenters. The Morgan fingerprint density at radius 2 is 1.93 bits per heavy atom. The number of alkyl halides is 3.